The maximum atomic E-state index is 13.8. The van der Waals surface area contributed by atoms with Gasteiger partial charge in [-0.15, -0.1) is 45.3 Å². The third kappa shape index (κ3) is 26.6. The van der Waals surface area contributed by atoms with Gasteiger partial charge in [0.1, 0.15) is 24.2 Å². The van der Waals surface area contributed by atoms with Gasteiger partial charge in [0.2, 0.25) is 29.5 Å². The molecule has 11 heterocycles. The Morgan fingerprint density at radius 1 is 0.389 bits per heavy atom. The molecule has 14 atom stereocenters. The normalized spacial score (nSPS) is 19.8. The predicted octanol–water partition coefficient (Wildman–Crippen LogP) is 13.4. The lowest BCUT2D eigenvalue weighted by atomic mass is 9.99. The van der Waals surface area contributed by atoms with Gasteiger partial charge in [-0.1, -0.05) is 166 Å². The molecule has 30 nitrogen and oxygen atoms in total. The van der Waals surface area contributed by atoms with Crippen molar-refractivity contribution in [1.82, 2.24) is 59.6 Å². The number of Topliss-reactive ketones (excluding diaryl/α,β-unsaturated/α-hetero) is 4. The molecular weight excluding hydrogens is 2010 g/mol. The quantitative estimate of drug-likeness (QED) is 0.0169. The summed E-state index contributed by atoms with van der Waals surface area (Å²) in [7, 11) is 0. The molecule has 0 unspecified atom stereocenters. The zero-order valence-electron chi connectivity index (χ0n) is 84.9. The van der Waals surface area contributed by atoms with E-state index in [1.165, 1.54) is 55.0 Å². The minimum Gasteiger partial charge on any atom is -0.391 e. The van der Waals surface area contributed by atoms with Gasteiger partial charge in [-0.2, -0.15) is 24.4 Å². The number of aliphatic hydroxyl groups excluding tert-OH is 6. The summed E-state index contributed by atoms with van der Waals surface area (Å²) in [6.07, 6.45) is 1.21. The Morgan fingerprint density at radius 3 is 0.960 bits per heavy atom. The van der Waals surface area contributed by atoms with E-state index in [1.54, 1.807) is 80.6 Å². The molecule has 0 bridgehead atoms. The highest BCUT2D eigenvalue weighted by atomic mass is 32.2. The van der Waals surface area contributed by atoms with Crippen LogP contribution in [0.25, 0.3) is 41.8 Å². The minimum absolute atomic E-state index is 0.00320. The van der Waals surface area contributed by atoms with Crippen molar-refractivity contribution < 1.29 is 88.2 Å². The van der Waals surface area contributed by atoms with E-state index in [0.29, 0.717) is 73.6 Å². The molecule has 4 fully saturated rings. The number of fused-ring (bicyclic) bond motifs is 3. The van der Waals surface area contributed by atoms with Gasteiger partial charge >= 0.3 is 0 Å². The number of ketones is 4. The van der Waals surface area contributed by atoms with Crippen LogP contribution in [-0.4, -0.2) is 284 Å². The van der Waals surface area contributed by atoms with Crippen LogP contribution in [0.4, 0.5) is 0 Å². The number of carbonyl (C=O) groups excluding carboxylic acids is 12. The Labute approximate surface area is 893 Å². The van der Waals surface area contributed by atoms with E-state index >= 15 is 0 Å². The number of thiazole rings is 4. The van der Waals surface area contributed by atoms with Gasteiger partial charge in [-0.3, -0.25) is 57.5 Å². The van der Waals surface area contributed by atoms with Crippen molar-refractivity contribution in [2.75, 3.05) is 43.9 Å². The fraction of sp³-hybridized carbons (Fsp3) is 0.416. The first-order valence-corrected chi connectivity index (χ1v) is 56.0. The second-order valence-corrected chi connectivity index (χ2v) is 44.3. The molecule has 0 saturated carbocycles. The van der Waals surface area contributed by atoms with E-state index < -0.39 is 96.8 Å². The van der Waals surface area contributed by atoms with Crippen molar-refractivity contribution in [1.29, 1.82) is 0 Å². The number of hydrogen-bond acceptors (Lipinski definition) is 28. The largest absolute Gasteiger partial charge is 0.391 e. The highest BCUT2D eigenvalue weighted by molar-refractivity contribution is 7.98. The third-order valence-electron chi connectivity index (χ3n) is 28.6. The van der Waals surface area contributed by atoms with Crippen molar-refractivity contribution in [3.05, 3.63) is 270 Å². The molecule has 11 aromatic rings. The molecule has 0 radical (unpaired) electrons. The monoisotopic (exact) mass is 2130 g/mol. The summed E-state index contributed by atoms with van der Waals surface area (Å²) in [4.78, 5) is 191. The van der Waals surface area contributed by atoms with Crippen molar-refractivity contribution in [3.8, 4) is 41.8 Å². The molecule has 0 aliphatic carbocycles. The third-order valence-corrected chi connectivity index (χ3v) is 33.6. The lowest BCUT2D eigenvalue weighted by molar-refractivity contribution is -0.144. The number of β-amino-alcohol motifs (C(OH)–C–C–N with tert-alkyl or cyclic N) is 4. The van der Waals surface area contributed by atoms with E-state index in [4.69, 9.17) is 0 Å². The van der Waals surface area contributed by atoms with Crippen LogP contribution in [0.2, 0.25) is 0 Å². The second kappa shape index (κ2) is 50.7. The summed E-state index contributed by atoms with van der Waals surface area (Å²) < 4.78 is 0. The van der Waals surface area contributed by atoms with Gasteiger partial charge in [0.15, 0.2) is 23.1 Å². The predicted molar refractivity (Wildman–Crippen MR) is 579 cm³/mol. The maximum absolute atomic E-state index is 13.8. The number of amides is 8. The van der Waals surface area contributed by atoms with Gasteiger partial charge in [0.05, 0.1) is 125 Å². The molecule has 7 aromatic carbocycles. The molecule has 149 heavy (non-hydrogen) atoms. The summed E-state index contributed by atoms with van der Waals surface area (Å²) in [6.45, 7) is 15.9. The number of thiol groups is 1. The van der Waals surface area contributed by atoms with Crippen molar-refractivity contribution >= 4 is 140 Å². The fourth-order valence-electron chi connectivity index (χ4n) is 20.5. The number of thioether (sulfide) groups is 1. The lowest BCUT2D eigenvalue weighted by Crippen LogP contribution is -2.56. The number of aromatic nitrogens is 4. The van der Waals surface area contributed by atoms with Crippen molar-refractivity contribution in [2.24, 2.45) is 5.92 Å². The molecule has 0 spiro atoms. The van der Waals surface area contributed by atoms with Gasteiger partial charge in [-0.25, -0.2) is 19.9 Å². The Kier molecular flexibility index (Phi) is 37.8. The van der Waals surface area contributed by atoms with Crippen LogP contribution in [0.5, 0.6) is 0 Å². The van der Waals surface area contributed by atoms with Gasteiger partial charge < -0.3 is 70.3 Å². The number of benzene rings is 7. The summed E-state index contributed by atoms with van der Waals surface area (Å²) in [5.41, 5.74) is 24.0. The van der Waals surface area contributed by atoms with E-state index in [0.717, 1.165) is 103 Å². The molecule has 784 valence electrons. The van der Waals surface area contributed by atoms with Crippen LogP contribution in [0.3, 0.4) is 0 Å². The maximum Gasteiger partial charge on any atom is 0.255 e. The first-order valence-electron chi connectivity index (χ1n) is 50.5. The molecule has 7 aliphatic heterocycles. The highest BCUT2D eigenvalue weighted by Gasteiger charge is 2.50. The minimum atomic E-state index is -1.16. The summed E-state index contributed by atoms with van der Waals surface area (Å²) >= 11 is 12.3. The fourth-order valence-corrected chi connectivity index (χ4v) is 24.7. The van der Waals surface area contributed by atoms with Crippen molar-refractivity contribution in [3.63, 3.8) is 0 Å². The van der Waals surface area contributed by atoms with Crippen LogP contribution < -0.4 is 5.32 Å². The number of carbonyl (C=O) groups is 12. The Hall–Kier alpha value is -12.0. The Morgan fingerprint density at radius 2 is 0.678 bits per heavy atom. The van der Waals surface area contributed by atoms with Crippen LogP contribution >= 0.6 is 69.7 Å². The van der Waals surface area contributed by atoms with Gasteiger partial charge in [0.25, 0.3) is 17.7 Å². The Balaban J connectivity index is 0.000000149. The number of nitrogens with one attached hydrogen (secondary N) is 1. The molecule has 4 aromatic heterocycles. The zero-order chi connectivity index (χ0) is 106. The Bertz CT molecular complexity index is 6630. The first kappa shape index (κ1) is 111. The van der Waals surface area contributed by atoms with Crippen LogP contribution in [-0.2, 0) is 88.5 Å². The van der Waals surface area contributed by atoms with E-state index in [1.807, 2.05) is 209 Å². The lowest BCUT2D eigenvalue weighted by Gasteiger charge is -2.34. The van der Waals surface area contributed by atoms with Crippen molar-refractivity contribution in [2.45, 2.75) is 250 Å². The van der Waals surface area contributed by atoms with Gasteiger partial charge in [-0.05, 0) is 165 Å². The average molecular weight is 2130 g/mol. The van der Waals surface area contributed by atoms with Gasteiger partial charge in [0, 0.05) is 132 Å². The van der Waals surface area contributed by atoms with E-state index in [9.17, 15) is 88.2 Å². The second-order valence-electron chi connectivity index (χ2n) is 39.6. The van der Waals surface area contributed by atoms with E-state index in [-0.39, 0.29) is 155 Å². The number of hydrogen-bond donors (Lipinski definition) is 8. The van der Waals surface area contributed by atoms with Crippen LogP contribution in [0.15, 0.2) is 192 Å². The number of rotatable bonds is 36. The average Bonchev–Trinajstić information content (AvgIpc) is 1.63. The first-order chi connectivity index (χ1) is 71.5. The SMILES string of the molecule is CSC[C@@H](C(=O)N1C[C@H](O)C[C@H]1C(=O)CCc1ccc(-c2scnc2C)cc1)N1Cc2ccccc2C1=O.Cc1ncsc1-c1ccc(CCC(=O)[C@@H]2C[C@@H](O)CN2C(=O)[C@@H](NC(=O)CCC(C)C)[C@H](C)O)cc1.Cc1ncsc1-c1ccc(CCC(=O)[C@@H]2C[C@@H](O)CN2C(=O)[C@H](CS)N2Cc3ccccc3C2=O)cc1.Cc1ncsc1-c1ccc(CCC(=O)[C@@H]2C[C@@H](O)CN2C(=O)[C@H]([C@H](C)O)N2Cc3ccccc3C2=O)cc1. The van der Waals surface area contributed by atoms with Crippen LogP contribution in [0.1, 0.15) is 185 Å². The number of likely N-dealkylation sites (tertiary alicyclic amines) is 4. The molecular formula is C113H128N12O18S6. The number of aryl methyl sites for hydroxylation is 8. The molecule has 8 amide bonds. The topological polar surface area (TPSA) is 412 Å². The highest BCUT2D eigenvalue weighted by Crippen LogP contribution is 2.39. The molecule has 7 N–H and O–H groups in total. The number of nitrogens with zero attached hydrogens (tertiary/aromatic N) is 11. The molecule has 4 saturated heterocycles. The molecule has 7 aliphatic rings. The zero-order valence-corrected chi connectivity index (χ0v) is 89.9. The standard InChI is InChI=1S/C29H31N3O5S.C29H31N3O4S2.C28H29N3O4S2.C27H37N3O5S/c1-17-27(38-16-30-17)20-10-7-19(8-11-20)9-12-25(35)24-13-22(34)15-31(24)29(37)26(18(2)33)32-14-21-5-3-4-6-23(21)28(32)36;1-18-27(38-17-30-18)20-10-7-19(8-11-20)9-12-26(34)24-13-22(33)15-32(24)29(36)25(16-37-2)31-14-21-5-3-4-6-23(21)28(31)35;1-17-26(37-16-29-17)19-9-6-18(7-10-19)8-11-25(33)23-12-21(32)14-31(23)28(35)24(15-36)30-13-20-4-2-3-5-22(20)27(30)34;1-16(2)5-12-24(34)29-25(18(4)31)27(35)30-14-21(32)13-22(30)23(33)11-8-19-6-9-20(10-7-19)26-17(3)28-15-36-26/h3-8,10-11,16,18,22,24,26,33-34H,9,12-15H2,1-2H3;3-8,10-11,17,22,24-25,33H,9,12-16H2,1-2H3;2-7,9-10,16,21,23-24,32,36H,8,11-15H2,1H3;6-7,9-10,15-16,18,21-22,25,31-32H,5,8,11-14H2,1-4H3,(H,29,34)/t18-,22+,24-,26-;22-,24+,25+;21-,23+,24+;18-,21+,22-,25-/m0110/s1. The molecule has 36 heteroatoms. The summed E-state index contributed by atoms with van der Waals surface area (Å²) in [6, 6.07) is 47.4. The molecule has 18 rings (SSSR count). The summed E-state index contributed by atoms with van der Waals surface area (Å²) in [5, 5.41) is 64.8. The van der Waals surface area contributed by atoms with E-state index in [2.05, 4.69) is 37.9 Å². The smallest absolute Gasteiger partial charge is 0.255 e. The van der Waals surface area contributed by atoms with Crippen LogP contribution in [0, 0.1) is 33.6 Å². The number of aliphatic hydroxyl groups is 6. The summed E-state index contributed by atoms with van der Waals surface area (Å²) in [5.74, 6) is -2.18.